The molecule has 2 aliphatic rings. The molecule has 0 aromatic heterocycles. The van der Waals surface area contributed by atoms with Gasteiger partial charge in [-0.15, -0.1) is 0 Å². The van der Waals surface area contributed by atoms with Gasteiger partial charge < -0.3 is 20.1 Å². The number of amides is 1. The molecule has 0 saturated carbocycles. The number of nitrogens with one attached hydrogen (secondary N) is 2. The molecule has 1 aromatic rings. The zero-order chi connectivity index (χ0) is 16.2. The van der Waals surface area contributed by atoms with Crippen LogP contribution in [0.15, 0.2) is 18.2 Å². The van der Waals surface area contributed by atoms with Crippen LogP contribution in [0.3, 0.4) is 0 Å². The highest BCUT2D eigenvalue weighted by molar-refractivity contribution is 5.94. The average Bonchev–Trinajstić information content (AvgIpc) is 2.98. The Morgan fingerprint density at radius 1 is 1.52 bits per heavy atom. The molecule has 23 heavy (non-hydrogen) atoms. The number of halogens is 1. The summed E-state index contributed by atoms with van der Waals surface area (Å²) in [5.74, 6) is 0.186. The number of anilines is 1. The minimum Gasteiger partial charge on any atom is -0.489 e. The Morgan fingerprint density at radius 2 is 2.35 bits per heavy atom. The number of rotatable bonds is 6. The van der Waals surface area contributed by atoms with Crippen molar-refractivity contribution in [3.05, 3.63) is 24.0 Å². The Kier molecular flexibility index (Phi) is 5.13. The molecule has 3 rings (SSSR count). The normalized spacial score (nSPS) is 22.4. The molecule has 5 nitrogen and oxygen atoms in total. The van der Waals surface area contributed by atoms with Gasteiger partial charge in [0.05, 0.1) is 11.8 Å². The Hall–Kier alpha value is -1.66. The fourth-order valence-corrected chi connectivity index (χ4v) is 2.81. The van der Waals surface area contributed by atoms with Crippen molar-refractivity contribution in [2.75, 3.05) is 31.6 Å². The summed E-state index contributed by atoms with van der Waals surface area (Å²) in [6.45, 7) is 4.76. The summed E-state index contributed by atoms with van der Waals surface area (Å²) in [5.41, 5.74) is 0.382. The highest BCUT2D eigenvalue weighted by Gasteiger charge is 2.29. The number of carbonyl (C=O) groups excluding carboxylic acids is 1. The van der Waals surface area contributed by atoms with E-state index in [0.717, 1.165) is 32.5 Å². The van der Waals surface area contributed by atoms with Crippen molar-refractivity contribution in [3.63, 3.8) is 0 Å². The zero-order valence-electron chi connectivity index (χ0n) is 13.3. The molecule has 2 N–H and O–H groups in total. The Labute approximate surface area is 135 Å². The van der Waals surface area contributed by atoms with E-state index in [9.17, 15) is 9.18 Å². The maximum absolute atomic E-state index is 13.5. The molecule has 2 aliphatic heterocycles. The van der Waals surface area contributed by atoms with Gasteiger partial charge >= 0.3 is 0 Å². The lowest BCUT2D eigenvalue weighted by Crippen LogP contribution is -2.48. The molecule has 2 saturated heterocycles. The van der Waals surface area contributed by atoms with E-state index >= 15 is 0 Å². The van der Waals surface area contributed by atoms with E-state index in [1.54, 1.807) is 6.07 Å². The molecular weight excluding hydrogens is 299 g/mol. The molecule has 2 fully saturated rings. The van der Waals surface area contributed by atoms with E-state index in [-0.39, 0.29) is 17.9 Å². The lowest BCUT2D eigenvalue weighted by Gasteiger charge is -2.31. The molecule has 6 heteroatoms. The van der Waals surface area contributed by atoms with E-state index in [4.69, 9.17) is 9.47 Å². The van der Waals surface area contributed by atoms with Crippen LogP contribution in [0, 0.1) is 17.7 Å². The van der Waals surface area contributed by atoms with Crippen molar-refractivity contribution in [1.29, 1.82) is 0 Å². The van der Waals surface area contributed by atoms with Crippen LogP contribution in [0.4, 0.5) is 10.1 Å². The molecule has 1 aromatic carbocycles. The lowest BCUT2D eigenvalue weighted by atomic mass is 9.88. The minimum atomic E-state index is -0.400. The summed E-state index contributed by atoms with van der Waals surface area (Å²) < 4.78 is 24.8. The summed E-state index contributed by atoms with van der Waals surface area (Å²) in [7, 11) is 0. The fourth-order valence-electron chi connectivity index (χ4n) is 2.81. The number of carbonyl (C=O) groups is 1. The molecular formula is C17H23FN2O3. The lowest BCUT2D eigenvalue weighted by molar-refractivity contribution is -0.121. The van der Waals surface area contributed by atoms with Crippen LogP contribution < -0.4 is 15.4 Å². The number of ether oxygens (including phenoxy) is 2. The highest BCUT2D eigenvalue weighted by Crippen LogP contribution is 2.28. The molecule has 0 aliphatic carbocycles. The van der Waals surface area contributed by atoms with Gasteiger partial charge in [-0.05, 0) is 44.0 Å². The van der Waals surface area contributed by atoms with Crippen molar-refractivity contribution >= 4 is 11.6 Å². The number of hydrogen-bond acceptors (Lipinski definition) is 4. The van der Waals surface area contributed by atoms with E-state index in [0.29, 0.717) is 24.0 Å². The monoisotopic (exact) mass is 322 g/mol. The van der Waals surface area contributed by atoms with Crippen LogP contribution >= 0.6 is 0 Å². The smallest absolute Gasteiger partial charge is 0.227 e. The van der Waals surface area contributed by atoms with Crippen LogP contribution in [0.5, 0.6) is 5.75 Å². The predicted octanol–water partition coefficient (Wildman–Crippen LogP) is 2.18. The second-order valence-electron chi connectivity index (χ2n) is 6.28. The molecule has 2 unspecified atom stereocenters. The molecule has 2 heterocycles. The van der Waals surface area contributed by atoms with Gasteiger partial charge in [0.15, 0.2) is 0 Å². The van der Waals surface area contributed by atoms with Crippen LogP contribution in [0.2, 0.25) is 0 Å². The van der Waals surface area contributed by atoms with Crippen LogP contribution in [0.1, 0.15) is 19.8 Å². The third kappa shape index (κ3) is 4.00. The summed E-state index contributed by atoms with van der Waals surface area (Å²) in [4.78, 5) is 12.3. The van der Waals surface area contributed by atoms with E-state index in [1.807, 2.05) is 6.92 Å². The standard InChI is InChI=1S/C17H23FN2O3/c1-11(12-8-19-9-12)17(21)20-15-7-13(18)4-5-16(15)23-10-14-3-2-6-22-14/h4-5,7,11-12,14,19H,2-3,6,8-10H2,1H3,(H,20,21). The van der Waals surface area contributed by atoms with E-state index < -0.39 is 5.82 Å². The van der Waals surface area contributed by atoms with E-state index in [2.05, 4.69) is 10.6 Å². The quantitative estimate of drug-likeness (QED) is 0.843. The minimum absolute atomic E-state index is 0.0728. The summed E-state index contributed by atoms with van der Waals surface area (Å²) in [5, 5.41) is 5.96. The molecule has 0 radical (unpaired) electrons. The first-order valence-corrected chi connectivity index (χ1v) is 8.19. The Balaban J connectivity index is 1.64. The topological polar surface area (TPSA) is 59.6 Å². The largest absolute Gasteiger partial charge is 0.489 e. The third-order valence-corrected chi connectivity index (χ3v) is 4.58. The zero-order valence-corrected chi connectivity index (χ0v) is 13.3. The second-order valence-corrected chi connectivity index (χ2v) is 6.28. The first kappa shape index (κ1) is 16.2. The van der Waals surface area contributed by atoms with Gasteiger partial charge in [0.25, 0.3) is 0 Å². The first-order chi connectivity index (χ1) is 11.1. The Bertz CT molecular complexity index is 557. The van der Waals surface area contributed by atoms with Crippen LogP contribution in [-0.2, 0) is 9.53 Å². The molecule has 0 bridgehead atoms. The summed E-state index contributed by atoms with van der Waals surface area (Å²) in [6, 6.07) is 4.18. The van der Waals surface area contributed by atoms with Crippen LogP contribution in [-0.4, -0.2) is 38.3 Å². The summed E-state index contributed by atoms with van der Waals surface area (Å²) in [6.07, 6.45) is 2.08. The maximum atomic E-state index is 13.5. The van der Waals surface area contributed by atoms with Gasteiger partial charge in [0.1, 0.15) is 18.2 Å². The van der Waals surface area contributed by atoms with Gasteiger partial charge in [0, 0.05) is 18.6 Å². The molecule has 2 atom stereocenters. The highest BCUT2D eigenvalue weighted by atomic mass is 19.1. The number of benzene rings is 1. The first-order valence-electron chi connectivity index (χ1n) is 8.19. The fraction of sp³-hybridized carbons (Fsp3) is 0.588. The second kappa shape index (κ2) is 7.27. The van der Waals surface area contributed by atoms with Crippen molar-refractivity contribution in [2.24, 2.45) is 11.8 Å². The van der Waals surface area contributed by atoms with Crippen molar-refractivity contribution in [2.45, 2.75) is 25.9 Å². The van der Waals surface area contributed by atoms with Crippen LogP contribution in [0.25, 0.3) is 0 Å². The van der Waals surface area contributed by atoms with Gasteiger partial charge in [-0.2, -0.15) is 0 Å². The van der Waals surface area contributed by atoms with Gasteiger partial charge in [0.2, 0.25) is 5.91 Å². The van der Waals surface area contributed by atoms with Gasteiger partial charge in [-0.25, -0.2) is 4.39 Å². The third-order valence-electron chi connectivity index (χ3n) is 4.58. The van der Waals surface area contributed by atoms with Crippen molar-refractivity contribution in [3.8, 4) is 5.75 Å². The molecule has 126 valence electrons. The molecule has 0 spiro atoms. The SMILES string of the molecule is CC(C(=O)Nc1cc(F)ccc1OCC1CCCO1)C1CNC1. The average molecular weight is 322 g/mol. The van der Waals surface area contributed by atoms with E-state index in [1.165, 1.54) is 12.1 Å². The predicted molar refractivity (Wildman–Crippen MR) is 85.0 cm³/mol. The Morgan fingerprint density at radius 3 is 3.00 bits per heavy atom. The van der Waals surface area contributed by atoms with Crippen molar-refractivity contribution in [1.82, 2.24) is 5.32 Å². The van der Waals surface area contributed by atoms with Gasteiger partial charge in [-0.1, -0.05) is 6.92 Å². The van der Waals surface area contributed by atoms with Gasteiger partial charge in [-0.3, -0.25) is 4.79 Å². The summed E-state index contributed by atoms with van der Waals surface area (Å²) >= 11 is 0. The maximum Gasteiger partial charge on any atom is 0.227 e. The number of hydrogen-bond donors (Lipinski definition) is 2. The molecule has 1 amide bonds. The van der Waals surface area contributed by atoms with Crippen molar-refractivity contribution < 1.29 is 18.7 Å².